The minimum atomic E-state index is -3.81. The lowest BCUT2D eigenvalue weighted by Crippen LogP contribution is -2.36. The van der Waals surface area contributed by atoms with E-state index in [-0.39, 0.29) is 10.3 Å². The summed E-state index contributed by atoms with van der Waals surface area (Å²) in [6.45, 7) is 16.6. The van der Waals surface area contributed by atoms with Crippen molar-refractivity contribution in [3.05, 3.63) is 142 Å². The van der Waals surface area contributed by atoms with Gasteiger partial charge in [0, 0.05) is 21.9 Å². The second-order valence-corrected chi connectivity index (χ2v) is 16.5. The third-order valence-corrected chi connectivity index (χ3v) is 13.3. The molecule has 0 saturated heterocycles. The number of allylic oxidation sites excluding steroid dienone is 10. The number of benzene rings is 2. The number of anilines is 2. The Hall–Kier alpha value is -3.39. The molecule has 2 heterocycles. The Morgan fingerprint density at radius 3 is 2.31 bits per heavy atom. The summed E-state index contributed by atoms with van der Waals surface area (Å²) < 4.78 is 28.3. The fourth-order valence-corrected chi connectivity index (χ4v) is 11.0. The summed E-state index contributed by atoms with van der Waals surface area (Å²) in [5, 5.41) is 1.30. The molecule has 7 heteroatoms. The van der Waals surface area contributed by atoms with Gasteiger partial charge < -0.3 is 9.80 Å². The van der Waals surface area contributed by atoms with Gasteiger partial charge >= 0.3 is 0 Å². The van der Waals surface area contributed by atoms with Gasteiger partial charge in [-0.1, -0.05) is 130 Å². The van der Waals surface area contributed by atoms with E-state index in [9.17, 15) is 8.42 Å². The Morgan fingerprint density at radius 1 is 0.917 bits per heavy atom. The van der Waals surface area contributed by atoms with E-state index in [1.807, 2.05) is 30.0 Å². The number of hydrogen-bond acceptors (Lipinski definition) is 6. The van der Waals surface area contributed by atoms with Gasteiger partial charge in [-0.05, 0) is 87.1 Å². The van der Waals surface area contributed by atoms with E-state index in [4.69, 9.17) is 0 Å². The Kier molecular flexibility index (Phi) is 12.2. The average molecular weight is 697 g/mol. The maximum atomic E-state index is 14.2. The monoisotopic (exact) mass is 696 g/mol. The van der Waals surface area contributed by atoms with Gasteiger partial charge in [-0.2, -0.15) is 0 Å². The SMILES string of the molecule is C=C/C=C(\C=C)S(=O)(=O)C1=C(/C=C/C=C2\Sc3ccccc3N2C(C)CCC)CC/C1=C\C=C\C1Sc2ccccc2N1C(C)CCC. The molecule has 252 valence electrons. The van der Waals surface area contributed by atoms with Crippen LogP contribution in [0.2, 0.25) is 0 Å². The third-order valence-electron chi connectivity index (χ3n) is 8.99. The van der Waals surface area contributed by atoms with Crippen LogP contribution in [0.15, 0.2) is 152 Å². The topological polar surface area (TPSA) is 40.6 Å². The fraction of sp³-hybridized carbons (Fsp3) is 0.317. The van der Waals surface area contributed by atoms with Crippen molar-refractivity contribution in [3.8, 4) is 0 Å². The fourth-order valence-electron chi connectivity index (χ4n) is 6.79. The highest BCUT2D eigenvalue weighted by Gasteiger charge is 2.33. The standard InChI is InChI=1S/C41H48N2O2S3/c1-7-17-30(5)42-35-22-11-13-24-37(35)46-39(42)26-15-20-32-28-29-33(41(32)48(44,45)34(10-4)19-9-3)21-16-27-40-43(31(6)18-8-2)36-23-12-14-25-38(36)47-40/h9-16,19-27,30-31,39H,3-4,7-8,17-18,28-29H2,1-2,5-6H3/b21-16+,26-15+,32-20+,34-19+,40-27-. The number of hydrogen-bond donors (Lipinski definition) is 0. The van der Waals surface area contributed by atoms with E-state index in [0.29, 0.717) is 29.8 Å². The Labute approximate surface area is 297 Å². The van der Waals surface area contributed by atoms with Crippen LogP contribution in [0.5, 0.6) is 0 Å². The van der Waals surface area contributed by atoms with Crippen LogP contribution in [-0.2, 0) is 9.84 Å². The van der Waals surface area contributed by atoms with Gasteiger partial charge in [-0.3, -0.25) is 0 Å². The minimum absolute atomic E-state index is 0.146. The molecule has 1 aliphatic carbocycles. The predicted octanol–water partition coefficient (Wildman–Crippen LogP) is 11.5. The van der Waals surface area contributed by atoms with E-state index in [1.165, 1.54) is 39.4 Å². The highest BCUT2D eigenvalue weighted by Crippen LogP contribution is 2.48. The van der Waals surface area contributed by atoms with Crippen LogP contribution in [0.3, 0.4) is 0 Å². The number of rotatable bonds is 14. The van der Waals surface area contributed by atoms with Gasteiger partial charge in [-0.25, -0.2) is 8.42 Å². The molecule has 3 unspecified atom stereocenters. The molecule has 2 aromatic rings. The molecule has 0 fully saturated rings. The van der Waals surface area contributed by atoms with E-state index < -0.39 is 9.84 Å². The highest BCUT2D eigenvalue weighted by atomic mass is 32.2. The van der Waals surface area contributed by atoms with Crippen LogP contribution in [-0.4, -0.2) is 25.9 Å². The molecule has 0 spiro atoms. The van der Waals surface area contributed by atoms with Gasteiger partial charge in [0.1, 0.15) is 0 Å². The normalized spacial score (nSPS) is 21.2. The molecule has 3 atom stereocenters. The molecule has 2 aromatic carbocycles. The van der Waals surface area contributed by atoms with Gasteiger partial charge in [0.25, 0.3) is 0 Å². The molecule has 0 bridgehead atoms. The van der Waals surface area contributed by atoms with Crippen molar-refractivity contribution in [2.75, 3.05) is 9.80 Å². The molecule has 0 radical (unpaired) electrons. The molecular weight excluding hydrogens is 649 g/mol. The maximum Gasteiger partial charge on any atom is 0.207 e. The number of para-hydroxylation sites is 2. The zero-order valence-electron chi connectivity index (χ0n) is 28.6. The van der Waals surface area contributed by atoms with E-state index in [0.717, 1.165) is 41.9 Å². The molecular formula is C41H48N2O2S3. The number of thioether (sulfide) groups is 2. The largest absolute Gasteiger partial charge is 0.352 e. The summed E-state index contributed by atoms with van der Waals surface area (Å²) in [4.78, 5) is 7.98. The second-order valence-electron chi connectivity index (χ2n) is 12.4. The zero-order chi connectivity index (χ0) is 34.3. The Bertz CT molecular complexity index is 1810. The van der Waals surface area contributed by atoms with Crippen molar-refractivity contribution < 1.29 is 8.42 Å². The van der Waals surface area contributed by atoms with Crippen molar-refractivity contribution in [3.63, 3.8) is 0 Å². The molecule has 4 nitrogen and oxygen atoms in total. The van der Waals surface area contributed by atoms with Crippen LogP contribution >= 0.6 is 23.5 Å². The summed E-state index contributed by atoms with van der Waals surface area (Å²) in [6.07, 6.45) is 22.6. The van der Waals surface area contributed by atoms with Crippen LogP contribution in [0.4, 0.5) is 11.4 Å². The molecule has 5 rings (SSSR count). The predicted molar refractivity (Wildman–Crippen MR) is 210 cm³/mol. The summed E-state index contributed by atoms with van der Waals surface area (Å²) in [5.74, 6) is 0. The first-order valence-corrected chi connectivity index (χ1v) is 20.2. The van der Waals surface area contributed by atoms with E-state index in [2.05, 4.69) is 117 Å². The molecule has 0 saturated carbocycles. The summed E-state index contributed by atoms with van der Waals surface area (Å²) >= 11 is 3.62. The zero-order valence-corrected chi connectivity index (χ0v) is 31.1. The lowest BCUT2D eigenvalue weighted by atomic mass is 10.1. The first-order chi connectivity index (χ1) is 23.2. The first kappa shape index (κ1) is 35.9. The number of nitrogens with zero attached hydrogens (tertiary/aromatic N) is 2. The van der Waals surface area contributed by atoms with Crippen LogP contribution in [0.1, 0.15) is 66.2 Å². The Balaban J connectivity index is 1.49. The van der Waals surface area contributed by atoms with Gasteiger partial charge in [0.2, 0.25) is 9.84 Å². The number of sulfone groups is 1. The molecule has 0 aromatic heterocycles. The van der Waals surface area contributed by atoms with Gasteiger partial charge in [0.15, 0.2) is 0 Å². The molecule has 48 heavy (non-hydrogen) atoms. The summed E-state index contributed by atoms with van der Waals surface area (Å²) in [7, 11) is -3.81. The van der Waals surface area contributed by atoms with Crippen molar-refractivity contribution in [1.82, 2.24) is 0 Å². The quantitative estimate of drug-likeness (QED) is 0.183. The molecule has 3 aliphatic rings. The minimum Gasteiger partial charge on any atom is -0.352 e. The lowest BCUT2D eigenvalue weighted by Gasteiger charge is -2.31. The van der Waals surface area contributed by atoms with E-state index >= 15 is 0 Å². The Morgan fingerprint density at radius 2 is 1.60 bits per heavy atom. The lowest BCUT2D eigenvalue weighted by molar-refractivity contribution is 0.592. The second kappa shape index (κ2) is 16.3. The molecule has 2 aliphatic heterocycles. The highest BCUT2D eigenvalue weighted by molar-refractivity contribution is 8.03. The van der Waals surface area contributed by atoms with Crippen molar-refractivity contribution in [1.29, 1.82) is 0 Å². The number of fused-ring (bicyclic) bond motifs is 2. The first-order valence-electron chi connectivity index (χ1n) is 17.0. The van der Waals surface area contributed by atoms with Crippen LogP contribution < -0.4 is 9.80 Å². The smallest absolute Gasteiger partial charge is 0.207 e. The average Bonchev–Trinajstić information content (AvgIpc) is 3.77. The van der Waals surface area contributed by atoms with E-state index in [1.54, 1.807) is 11.8 Å². The third kappa shape index (κ3) is 7.59. The van der Waals surface area contributed by atoms with Crippen LogP contribution in [0.25, 0.3) is 0 Å². The van der Waals surface area contributed by atoms with Crippen LogP contribution in [0, 0.1) is 0 Å². The van der Waals surface area contributed by atoms with Gasteiger partial charge in [0.05, 0.1) is 31.6 Å². The van der Waals surface area contributed by atoms with Crippen molar-refractivity contribution >= 4 is 44.7 Å². The maximum absolute atomic E-state index is 14.2. The van der Waals surface area contributed by atoms with Crippen molar-refractivity contribution in [2.45, 2.75) is 93.5 Å². The molecule has 0 N–H and O–H groups in total. The summed E-state index contributed by atoms with van der Waals surface area (Å²) in [5.41, 5.74) is 4.15. The molecule has 0 amide bonds. The van der Waals surface area contributed by atoms with Crippen molar-refractivity contribution in [2.24, 2.45) is 0 Å². The van der Waals surface area contributed by atoms with Gasteiger partial charge in [-0.15, -0.1) is 0 Å². The summed E-state index contributed by atoms with van der Waals surface area (Å²) in [6, 6.07) is 17.9.